The van der Waals surface area contributed by atoms with Gasteiger partial charge in [-0.25, -0.2) is 0 Å². The molecule has 5 rings (SSSR count). The fraction of sp³-hybridized carbons (Fsp3) is 0.0385. The normalized spacial score (nSPS) is 11.0. The average Bonchev–Trinajstić information content (AvgIpc) is 3.28. The zero-order valence-corrected chi connectivity index (χ0v) is 20.3. The fourth-order valence-corrected chi connectivity index (χ4v) is 4.74. The molecule has 0 aliphatic rings. The van der Waals surface area contributed by atoms with Crippen molar-refractivity contribution >= 4 is 50.1 Å². The average molecular weight is 531 g/mol. The van der Waals surface area contributed by atoms with Crippen LogP contribution < -0.4 is 5.32 Å². The summed E-state index contributed by atoms with van der Waals surface area (Å²) >= 11 is 4.73. The summed E-state index contributed by atoms with van der Waals surface area (Å²) in [5.74, 6) is 0.595. The van der Waals surface area contributed by atoms with E-state index in [1.165, 1.54) is 11.8 Å². The summed E-state index contributed by atoms with van der Waals surface area (Å²) < 4.78 is 2.65. The van der Waals surface area contributed by atoms with Gasteiger partial charge in [-0.05, 0) is 53.2 Å². The summed E-state index contributed by atoms with van der Waals surface area (Å²) in [6.45, 7) is 0. The molecule has 6 nitrogen and oxygen atoms in total. The highest BCUT2D eigenvalue weighted by atomic mass is 79.9. The predicted molar refractivity (Wildman–Crippen MR) is 139 cm³/mol. The van der Waals surface area contributed by atoms with Gasteiger partial charge < -0.3 is 10.4 Å². The van der Waals surface area contributed by atoms with Gasteiger partial charge in [0.1, 0.15) is 5.75 Å². The third-order valence-corrected chi connectivity index (χ3v) is 6.64. The molecule has 1 heterocycles. The number of aromatic nitrogens is 3. The maximum absolute atomic E-state index is 12.7. The van der Waals surface area contributed by atoms with Crippen LogP contribution in [0, 0.1) is 0 Å². The number of thioether (sulfide) groups is 1. The molecule has 1 amide bonds. The van der Waals surface area contributed by atoms with Crippen LogP contribution in [0.3, 0.4) is 0 Å². The van der Waals surface area contributed by atoms with Crippen LogP contribution in [0.5, 0.6) is 5.75 Å². The van der Waals surface area contributed by atoms with Crippen molar-refractivity contribution in [2.24, 2.45) is 0 Å². The molecule has 168 valence electrons. The molecule has 0 spiro atoms. The number of hydrogen-bond acceptors (Lipinski definition) is 5. The van der Waals surface area contributed by atoms with Gasteiger partial charge >= 0.3 is 0 Å². The van der Waals surface area contributed by atoms with Crippen LogP contribution in [0.15, 0.2) is 101 Å². The van der Waals surface area contributed by atoms with E-state index < -0.39 is 0 Å². The number of fused-ring (bicyclic) bond motifs is 1. The monoisotopic (exact) mass is 530 g/mol. The fourth-order valence-electron chi connectivity index (χ4n) is 3.63. The lowest BCUT2D eigenvalue weighted by Gasteiger charge is -2.11. The quantitative estimate of drug-likeness (QED) is 0.252. The smallest absolute Gasteiger partial charge is 0.234 e. The molecular weight excluding hydrogens is 512 g/mol. The number of para-hydroxylation sites is 1. The van der Waals surface area contributed by atoms with E-state index in [0.29, 0.717) is 16.5 Å². The number of aromatic hydroxyl groups is 1. The first-order chi connectivity index (χ1) is 16.6. The highest BCUT2D eigenvalue weighted by Gasteiger charge is 2.19. The molecule has 0 saturated heterocycles. The Morgan fingerprint density at radius 3 is 2.50 bits per heavy atom. The molecule has 0 bridgehead atoms. The third-order valence-electron chi connectivity index (χ3n) is 5.21. The number of phenols is 1. The zero-order chi connectivity index (χ0) is 23.5. The van der Waals surface area contributed by atoms with Crippen LogP contribution in [0.25, 0.3) is 27.8 Å². The molecule has 0 fully saturated rings. The van der Waals surface area contributed by atoms with E-state index in [2.05, 4.69) is 31.4 Å². The Kier molecular flexibility index (Phi) is 6.33. The topological polar surface area (TPSA) is 80.0 Å². The van der Waals surface area contributed by atoms with Crippen molar-refractivity contribution in [3.05, 3.63) is 95.5 Å². The first-order valence-electron chi connectivity index (χ1n) is 10.5. The van der Waals surface area contributed by atoms with Crippen molar-refractivity contribution in [3.8, 4) is 22.8 Å². The standard InChI is InChI=1S/C26H19BrN4O2S/c27-19-11-13-23(32)22(15-19)25-29-30-26(31(25)21-8-2-1-3-9-21)34-16-24(33)28-20-12-10-17-6-4-5-7-18(17)14-20/h1-15,32H,16H2,(H,28,33). The molecule has 34 heavy (non-hydrogen) atoms. The number of nitrogens with one attached hydrogen (secondary N) is 1. The molecule has 4 aromatic carbocycles. The number of hydrogen-bond donors (Lipinski definition) is 2. The van der Waals surface area contributed by atoms with E-state index in [9.17, 15) is 9.90 Å². The Bertz CT molecular complexity index is 1490. The van der Waals surface area contributed by atoms with E-state index in [1.54, 1.807) is 18.2 Å². The van der Waals surface area contributed by atoms with E-state index in [1.807, 2.05) is 77.4 Å². The minimum atomic E-state index is -0.144. The first kappa shape index (κ1) is 22.2. The number of nitrogens with zero attached hydrogens (tertiary/aromatic N) is 3. The largest absolute Gasteiger partial charge is 0.507 e. The molecule has 0 radical (unpaired) electrons. The lowest BCUT2D eigenvalue weighted by Crippen LogP contribution is -2.14. The van der Waals surface area contributed by atoms with Crippen LogP contribution in [-0.4, -0.2) is 31.5 Å². The molecule has 1 aromatic heterocycles. The molecule has 0 aliphatic heterocycles. The Morgan fingerprint density at radius 1 is 0.912 bits per heavy atom. The highest BCUT2D eigenvalue weighted by molar-refractivity contribution is 9.10. The van der Waals surface area contributed by atoms with Crippen molar-refractivity contribution < 1.29 is 9.90 Å². The second-order valence-corrected chi connectivity index (χ2v) is 9.40. The van der Waals surface area contributed by atoms with Gasteiger partial charge in [-0.2, -0.15) is 0 Å². The van der Waals surface area contributed by atoms with E-state index in [4.69, 9.17) is 0 Å². The number of phenolic OH excluding ortho intramolecular Hbond substituents is 1. The molecular formula is C26H19BrN4O2S. The lowest BCUT2D eigenvalue weighted by atomic mass is 10.1. The summed E-state index contributed by atoms with van der Waals surface area (Å²) in [6, 6.07) is 28.6. The number of carbonyl (C=O) groups excluding carboxylic acids is 1. The van der Waals surface area contributed by atoms with E-state index >= 15 is 0 Å². The van der Waals surface area contributed by atoms with Gasteiger partial charge in [0.15, 0.2) is 11.0 Å². The molecule has 0 saturated carbocycles. The lowest BCUT2D eigenvalue weighted by molar-refractivity contribution is -0.113. The third kappa shape index (κ3) is 4.69. The number of rotatable bonds is 6. The molecule has 5 aromatic rings. The Balaban J connectivity index is 1.40. The van der Waals surface area contributed by atoms with Crippen molar-refractivity contribution in [1.82, 2.24) is 14.8 Å². The van der Waals surface area contributed by atoms with Crippen LogP contribution in [0.4, 0.5) is 5.69 Å². The minimum Gasteiger partial charge on any atom is -0.507 e. The Hall–Kier alpha value is -3.62. The number of carbonyl (C=O) groups is 1. The van der Waals surface area contributed by atoms with Crippen molar-refractivity contribution in [2.75, 3.05) is 11.1 Å². The Morgan fingerprint density at radius 2 is 1.68 bits per heavy atom. The zero-order valence-electron chi connectivity index (χ0n) is 17.9. The second-order valence-electron chi connectivity index (χ2n) is 7.54. The number of halogens is 1. The van der Waals surface area contributed by atoms with Gasteiger partial charge in [0, 0.05) is 15.8 Å². The number of benzene rings is 4. The van der Waals surface area contributed by atoms with Crippen LogP contribution in [-0.2, 0) is 4.79 Å². The van der Waals surface area contributed by atoms with Gasteiger partial charge in [-0.3, -0.25) is 9.36 Å². The van der Waals surface area contributed by atoms with Crippen molar-refractivity contribution in [2.45, 2.75) is 5.16 Å². The number of anilines is 1. The van der Waals surface area contributed by atoms with Crippen LogP contribution in [0.1, 0.15) is 0 Å². The van der Waals surface area contributed by atoms with Gasteiger partial charge in [0.05, 0.1) is 11.3 Å². The summed E-state index contributed by atoms with van der Waals surface area (Å²) in [7, 11) is 0. The van der Waals surface area contributed by atoms with E-state index in [-0.39, 0.29) is 17.4 Å². The van der Waals surface area contributed by atoms with Gasteiger partial charge in [-0.1, -0.05) is 76.2 Å². The van der Waals surface area contributed by atoms with Gasteiger partial charge in [0.2, 0.25) is 5.91 Å². The summed E-state index contributed by atoms with van der Waals surface area (Å²) in [5, 5.41) is 24.8. The second kappa shape index (κ2) is 9.70. The maximum atomic E-state index is 12.7. The summed E-state index contributed by atoms with van der Waals surface area (Å²) in [4.78, 5) is 12.7. The molecule has 0 aliphatic carbocycles. The minimum absolute atomic E-state index is 0.0957. The van der Waals surface area contributed by atoms with Gasteiger partial charge in [-0.15, -0.1) is 10.2 Å². The molecule has 0 unspecified atom stereocenters. The van der Waals surface area contributed by atoms with Crippen LogP contribution >= 0.6 is 27.7 Å². The van der Waals surface area contributed by atoms with Gasteiger partial charge in [0.25, 0.3) is 0 Å². The van der Waals surface area contributed by atoms with Crippen molar-refractivity contribution in [1.29, 1.82) is 0 Å². The molecule has 0 atom stereocenters. The molecule has 8 heteroatoms. The SMILES string of the molecule is O=C(CSc1nnc(-c2cc(Br)ccc2O)n1-c1ccccc1)Nc1ccc2ccccc2c1. The predicted octanol–water partition coefficient (Wildman–Crippen LogP) is 6.29. The highest BCUT2D eigenvalue weighted by Crippen LogP contribution is 2.34. The van der Waals surface area contributed by atoms with E-state index in [0.717, 1.165) is 26.6 Å². The first-order valence-corrected chi connectivity index (χ1v) is 12.3. The number of amides is 1. The van der Waals surface area contributed by atoms with Crippen molar-refractivity contribution in [3.63, 3.8) is 0 Å². The summed E-state index contributed by atoms with van der Waals surface area (Å²) in [5.41, 5.74) is 2.12. The maximum Gasteiger partial charge on any atom is 0.234 e. The van der Waals surface area contributed by atoms with Crippen LogP contribution in [0.2, 0.25) is 0 Å². The summed E-state index contributed by atoms with van der Waals surface area (Å²) in [6.07, 6.45) is 0. The molecule has 2 N–H and O–H groups in total. The Labute approximate surface area is 208 Å².